The fourth-order valence-corrected chi connectivity index (χ4v) is 2.81. The summed E-state index contributed by atoms with van der Waals surface area (Å²) in [6.45, 7) is 1.68. The first-order chi connectivity index (χ1) is 10.7. The second kappa shape index (κ2) is 6.66. The number of nitrogens with two attached hydrogens (primary N) is 1. The molecule has 0 saturated carbocycles. The quantitative estimate of drug-likeness (QED) is 0.882. The normalized spacial score (nSPS) is 12.7. The van der Waals surface area contributed by atoms with Crippen LogP contribution < -0.4 is 10.5 Å². The maximum absolute atomic E-state index is 13.0. The van der Waals surface area contributed by atoms with Crippen molar-refractivity contribution in [3.8, 4) is 0 Å². The first kappa shape index (κ1) is 17.4. The van der Waals surface area contributed by atoms with Crippen molar-refractivity contribution in [1.29, 1.82) is 0 Å². The Hall–Kier alpha value is -1.96. The summed E-state index contributed by atoms with van der Waals surface area (Å²) in [4.78, 5) is 12.1. The molecule has 2 rings (SSSR count). The molecular weight excluding hydrogens is 343 g/mol. The lowest BCUT2D eigenvalue weighted by atomic mass is 10.1. The van der Waals surface area contributed by atoms with E-state index in [1.165, 1.54) is 24.3 Å². The SMILES string of the molecule is CC(NC(=O)c1ccc(F)cc1Cl)c1cccc(S(N)(=O)=O)c1. The Bertz CT molecular complexity index is 856. The molecule has 1 atom stereocenters. The minimum atomic E-state index is -3.83. The Balaban J connectivity index is 2.22. The molecule has 2 aromatic rings. The fourth-order valence-electron chi connectivity index (χ4n) is 1.99. The predicted molar refractivity (Wildman–Crippen MR) is 85.1 cm³/mol. The molecule has 0 aliphatic heterocycles. The minimum Gasteiger partial charge on any atom is -0.345 e. The highest BCUT2D eigenvalue weighted by Gasteiger charge is 2.16. The number of halogens is 2. The Kier molecular flexibility index (Phi) is 5.03. The molecule has 0 aromatic heterocycles. The third-order valence-electron chi connectivity index (χ3n) is 3.21. The summed E-state index contributed by atoms with van der Waals surface area (Å²) in [5, 5.41) is 7.75. The highest BCUT2D eigenvalue weighted by atomic mass is 35.5. The van der Waals surface area contributed by atoms with E-state index >= 15 is 0 Å². The number of carbonyl (C=O) groups excluding carboxylic acids is 1. The summed E-state index contributed by atoms with van der Waals surface area (Å²) in [7, 11) is -3.83. The van der Waals surface area contributed by atoms with Crippen molar-refractivity contribution in [3.05, 3.63) is 64.4 Å². The number of carbonyl (C=O) groups is 1. The van der Waals surface area contributed by atoms with Crippen LogP contribution in [0.1, 0.15) is 28.9 Å². The van der Waals surface area contributed by atoms with Gasteiger partial charge in [0.2, 0.25) is 10.0 Å². The first-order valence-electron chi connectivity index (χ1n) is 6.57. The molecule has 122 valence electrons. The average molecular weight is 357 g/mol. The summed E-state index contributed by atoms with van der Waals surface area (Å²) >= 11 is 5.84. The smallest absolute Gasteiger partial charge is 0.253 e. The molecule has 1 amide bonds. The molecule has 8 heteroatoms. The number of sulfonamides is 1. The van der Waals surface area contributed by atoms with Gasteiger partial charge in [-0.3, -0.25) is 4.79 Å². The molecule has 0 bridgehead atoms. The van der Waals surface area contributed by atoms with Gasteiger partial charge in [0.05, 0.1) is 21.5 Å². The van der Waals surface area contributed by atoms with E-state index in [0.29, 0.717) is 5.56 Å². The predicted octanol–water partition coefficient (Wildman–Crippen LogP) is 2.62. The van der Waals surface area contributed by atoms with E-state index in [9.17, 15) is 17.6 Å². The zero-order valence-electron chi connectivity index (χ0n) is 12.1. The molecule has 1 unspecified atom stereocenters. The second-order valence-electron chi connectivity index (χ2n) is 4.94. The summed E-state index contributed by atoms with van der Waals surface area (Å²) in [6.07, 6.45) is 0. The summed E-state index contributed by atoms with van der Waals surface area (Å²) in [6, 6.07) is 8.90. The molecular formula is C15H14ClFN2O3S. The van der Waals surface area contributed by atoms with Crippen LogP contribution >= 0.6 is 11.6 Å². The largest absolute Gasteiger partial charge is 0.345 e. The maximum Gasteiger partial charge on any atom is 0.253 e. The topological polar surface area (TPSA) is 89.3 Å². The van der Waals surface area contributed by atoms with Crippen LogP contribution in [0.5, 0.6) is 0 Å². The van der Waals surface area contributed by atoms with E-state index in [1.54, 1.807) is 13.0 Å². The van der Waals surface area contributed by atoms with Gasteiger partial charge in [0.25, 0.3) is 5.91 Å². The third kappa shape index (κ3) is 4.28. The number of hydrogen-bond acceptors (Lipinski definition) is 3. The van der Waals surface area contributed by atoms with Gasteiger partial charge in [-0.1, -0.05) is 23.7 Å². The molecule has 3 N–H and O–H groups in total. The standard InChI is InChI=1S/C15H14ClFN2O3S/c1-9(10-3-2-4-12(7-10)23(18,21)22)19-15(20)13-6-5-11(17)8-14(13)16/h2-9H,1H3,(H,19,20)(H2,18,21,22). The van der Waals surface area contributed by atoms with Crippen LogP contribution in [0.15, 0.2) is 47.4 Å². The van der Waals surface area contributed by atoms with Crippen molar-refractivity contribution in [2.45, 2.75) is 17.9 Å². The Morgan fingerprint density at radius 1 is 1.26 bits per heavy atom. The molecule has 0 fully saturated rings. The Morgan fingerprint density at radius 2 is 1.96 bits per heavy atom. The zero-order chi connectivity index (χ0) is 17.2. The lowest BCUT2D eigenvalue weighted by Crippen LogP contribution is -2.27. The molecule has 0 spiro atoms. The van der Waals surface area contributed by atoms with E-state index in [4.69, 9.17) is 16.7 Å². The Morgan fingerprint density at radius 3 is 2.57 bits per heavy atom. The van der Waals surface area contributed by atoms with Gasteiger partial charge in [-0.15, -0.1) is 0 Å². The van der Waals surface area contributed by atoms with E-state index in [0.717, 1.165) is 12.1 Å². The van der Waals surface area contributed by atoms with Crippen LogP contribution in [0.2, 0.25) is 5.02 Å². The van der Waals surface area contributed by atoms with Crippen molar-refractivity contribution >= 4 is 27.5 Å². The zero-order valence-corrected chi connectivity index (χ0v) is 13.7. The second-order valence-corrected chi connectivity index (χ2v) is 6.91. The van der Waals surface area contributed by atoms with Crippen molar-refractivity contribution < 1.29 is 17.6 Å². The van der Waals surface area contributed by atoms with Gasteiger partial charge in [-0.05, 0) is 42.8 Å². The number of rotatable bonds is 4. The van der Waals surface area contributed by atoms with Gasteiger partial charge in [-0.25, -0.2) is 17.9 Å². The van der Waals surface area contributed by atoms with Crippen LogP contribution in [0.4, 0.5) is 4.39 Å². The average Bonchev–Trinajstić information content (AvgIpc) is 2.46. The molecule has 2 aromatic carbocycles. The number of nitrogens with one attached hydrogen (secondary N) is 1. The van der Waals surface area contributed by atoms with E-state index in [1.807, 2.05) is 0 Å². The fraction of sp³-hybridized carbons (Fsp3) is 0.133. The number of amides is 1. The third-order valence-corrected chi connectivity index (χ3v) is 4.43. The first-order valence-corrected chi connectivity index (χ1v) is 8.49. The summed E-state index contributed by atoms with van der Waals surface area (Å²) in [5.41, 5.74) is 0.686. The lowest BCUT2D eigenvalue weighted by Gasteiger charge is -2.15. The number of benzene rings is 2. The van der Waals surface area contributed by atoms with Gasteiger partial charge in [0, 0.05) is 0 Å². The monoisotopic (exact) mass is 356 g/mol. The highest BCUT2D eigenvalue weighted by molar-refractivity contribution is 7.89. The molecule has 0 heterocycles. The molecule has 0 saturated heterocycles. The Labute approximate surface area is 138 Å². The van der Waals surface area contributed by atoms with E-state index in [2.05, 4.69) is 5.32 Å². The van der Waals surface area contributed by atoms with Gasteiger partial charge >= 0.3 is 0 Å². The van der Waals surface area contributed by atoms with Gasteiger partial charge < -0.3 is 5.32 Å². The minimum absolute atomic E-state index is 0.00649. The number of hydrogen-bond donors (Lipinski definition) is 2. The van der Waals surface area contributed by atoms with Gasteiger partial charge in [0.1, 0.15) is 5.82 Å². The van der Waals surface area contributed by atoms with Gasteiger partial charge in [-0.2, -0.15) is 0 Å². The molecule has 0 aliphatic carbocycles. The van der Waals surface area contributed by atoms with E-state index in [-0.39, 0.29) is 15.5 Å². The van der Waals surface area contributed by atoms with Crippen molar-refractivity contribution in [3.63, 3.8) is 0 Å². The molecule has 0 radical (unpaired) electrons. The van der Waals surface area contributed by atoms with E-state index < -0.39 is 27.8 Å². The molecule has 0 aliphatic rings. The summed E-state index contributed by atoms with van der Waals surface area (Å²) in [5.74, 6) is -1.04. The van der Waals surface area contributed by atoms with Crippen LogP contribution in [0.25, 0.3) is 0 Å². The van der Waals surface area contributed by atoms with Crippen LogP contribution in [-0.2, 0) is 10.0 Å². The van der Waals surface area contributed by atoms with Crippen LogP contribution in [-0.4, -0.2) is 14.3 Å². The van der Waals surface area contributed by atoms with Crippen molar-refractivity contribution in [1.82, 2.24) is 5.32 Å². The van der Waals surface area contributed by atoms with Gasteiger partial charge in [0.15, 0.2) is 0 Å². The van der Waals surface area contributed by atoms with Crippen molar-refractivity contribution in [2.24, 2.45) is 5.14 Å². The highest BCUT2D eigenvalue weighted by Crippen LogP contribution is 2.20. The number of primary sulfonamides is 1. The van der Waals surface area contributed by atoms with Crippen molar-refractivity contribution in [2.75, 3.05) is 0 Å². The van der Waals surface area contributed by atoms with Crippen LogP contribution in [0.3, 0.4) is 0 Å². The maximum atomic E-state index is 13.0. The molecule has 23 heavy (non-hydrogen) atoms. The molecule has 5 nitrogen and oxygen atoms in total. The summed E-state index contributed by atoms with van der Waals surface area (Å²) < 4.78 is 35.7. The lowest BCUT2D eigenvalue weighted by molar-refractivity contribution is 0.0940. The van der Waals surface area contributed by atoms with Crippen LogP contribution in [0, 0.1) is 5.82 Å².